The number of amides is 1. The van der Waals surface area contributed by atoms with E-state index in [-0.39, 0.29) is 5.91 Å². The molecule has 0 spiro atoms. The number of thioether (sulfide) groups is 1. The molecule has 6 heteroatoms. The summed E-state index contributed by atoms with van der Waals surface area (Å²) in [5.41, 5.74) is 0.865. The number of methoxy groups -OCH3 is 1. The Balaban J connectivity index is 1.31. The maximum atomic E-state index is 11.9. The summed E-state index contributed by atoms with van der Waals surface area (Å²) >= 11 is 1.66. The fraction of sp³-hybridized carbons (Fsp3) is 0.273. The number of benzene rings is 2. The van der Waals surface area contributed by atoms with Gasteiger partial charge in [-0.05, 0) is 42.8 Å². The summed E-state index contributed by atoms with van der Waals surface area (Å²) in [5.74, 6) is 2.42. The molecule has 146 valence electrons. The van der Waals surface area contributed by atoms with E-state index in [1.807, 2.05) is 54.6 Å². The molecular weight excluding hydrogens is 372 g/mol. The van der Waals surface area contributed by atoms with Crippen LogP contribution in [0.25, 0.3) is 10.9 Å². The fourth-order valence-corrected chi connectivity index (χ4v) is 3.55. The molecule has 1 aromatic heterocycles. The number of carbonyl (C=O) groups is 1. The number of ether oxygens (including phenoxy) is 2. The van der Waals surface area contributed by atoms with Crippen molar-refractivity contribution < 1.29 is 14.3 Å². The molecule has 0 aliphatic heterocycles. The van der Waals surface area contributed by atoms with Gasteiger partial charge in [-0.15, -0.1) is 11.8 Å². The number of nitrogens with zero attached hydrogens (tertiary/aromatic N) is 1. The highest BCUT2D eigenvalue weighted by molar-refractivity contribution is 7.99. The number of fused-ring (bicyclic) bond motifs is 1. The van der Waals surface area contributed by atoms with Crippen LogP contribution in [0.15, 0.2) is 65.7 Å². The Kier molecular flexibility index (Phi) is 7.55. The predicted octanol–water partition coefficient (Wildman–Crippen LogP) is 4.31. The highest BCUT2D eigenvalue weighted by Gasteiger charge is 2.04. The zero-order valence-corrected chi connectivity index (χ0v) is 16.7. The molecule has 0 unspecified atom stereocenters. The van der Waals surface area contributed by atoms with E-state index in [0.717, 1.165) is 39.5 Å². The Hall–Kier alpha value is -2.73. The number of rotatable bonds is 10. The van der Waals surface area contributed by atoms with Gasteiger partial charge in [0.05, 0.1) is 13.7 Å². The van der Waals surface area contributed by atoms with E-state index >= 15 is 0 Å². The summed E-state index contributed by atoms with van der Waals surface area (Å²) in [6.45, 7) is 1.14. The highest BCUT2D eigenvalue weighted by atomic mass is 32.2. The lowest BCUT2D eigenvalue weighted by Gasteiger charge is -2.09. The molecule has 0 radical (unpaired) electrons. The van der Waals surface area contributed by atoms with Gasteiger partial charge in [-0.1, -0.05) is 18.2 Å². The molecule has 0 atom stereocenters. The Labute approximate surface area is 169 Å². The third kappa shape index (κ3) is 5.89. The number of para-hydroxylation sites is 1. The van der Waals surface area contributed by atoms with E-state index in [4.69, 9.17) is 9.47 Å². The number of pyridine rings is 1. The van der Waals surface area contributed by atoms with Gasteiger partial charge < -0.3 is 14.8 Å². The van der Waals surface area contributed by atoms with E-state index in [2.05, 4.69) is 10.3 Å². The van der Waals surface area contributed by atoms with Gasteiger partial charge in [0.15, 0.2) is 0 Å². The molecule has 28 heavy (non-hydrogen) atoms. The van der Waals surface area contributed by atoms with Gasteiger partial charge in [0, 0.05) is 35.2 Å². The largest absolute Gasteiger partial charge is 0.497 e. The fourth-order valence-electron chi connectivity index (χ4n) is 2.70. The van der Waals surface area contributed by atoms with Gasteiger partial charge in [-0.3, -0.25) is 9.78 Å². The number of nitrogens with one attached hydrogen (secondary N) is 1. The Morgan fingerprint density at radius 2 is 1.93 bits per heavy atom. The number of aromatic nitrogens is 1. The van der Waals surface area contributed by atoms with Gasteiger partial charge in [0.1, 0.15) is 17.0 Å². The van der Waals surface area contributed by atoms with Crippen LogP contribution in [0.5, 0.6) is 11.5 Å². The first-order valence-corrected chi connectivity index (χ1v) is 10.2. The summed E-state index contributed by atoms with van der Waals surface area (Å²) in [7, 11) is 1.65. The molecule has 3 rings (SSSR count). The smallest absolute Gasteiger partial charge is 0.220 e. The Bertz CT molecular complexity index is 894. The first-order chi connectivity index (χ1) is 13.8. The van der Waals surface area contributed by atoms with Gasteiger partial charge in [-0.25, -0.2) is 0 Å². The SMILES string of the molecule is COc1ccc(SCCC(=O)NCCCOc2cccc3cccnc23)cc1. The minimum absolute atomic E-state index is 0.0628. The predicted molar refractivity (Wildman–Crippen MR) is 113 cm³/mol. The summed E-state index contributed by atoms with van der Waals surface area (Å²) in [4.78, 5) is 17.4. The van der Waals surface area contributed by atoms with Crippen molar-refractivity contribution in [2.24, 2.45) is 0 Å². The molecule has 0 bridgehead atoms. The first kappa shape index (κ1) is 20.0. The number of carbonyl (C=O) groups excluding carboxylic acids is 1. The standard InChI is InChI=1S/C22H24N2O3S/c1-26-18-8-10-19(11-9-18)28-16-12-21(25)23-14-4-15-27-20-7-2-5-17-6-3-13-24-22(17)20/h2-3,5-11,13H,4,12,14-16H2,1H3,(H,23,25). The maximum Gasteiger partial charge on any atom is 0.220 e. The average Bonchev–Trinajstić information content (AvgIpc) is 2.74. The molecule has 2 aromatic carbocycles. The van der Waals surface area contributed by atoms with Crippen molar-refractivity contribution in [2.75, 3.05) is 26.0 Å². The molecule has 0 aliphatic carbocycles. The van der Waals surface area contributed by atoms with Crippen LogP contribution in [0.3, 0.4) is 0 Å². The van der Waals surface area contributed by atoms with Crippen LogP contribution in [0.4, 0.5) is 0 Å². The van der Waals surface area contributed by atoms with Crippen molar-refractivity contribution in [1.29, 1.82) is 0 Å². The summed E-state index contributed by atoms with van der Waals surface area (Å²) in [6, 6.07) is 17.7. The van der Waals surface area contributed by atoms with E-state index in [1.54, 1.807) is 25.1 Å². The lowest BCUT2D eigenvalue weighted by atomic mass is 10.2. The Morgan fingerprint density at radius 1 is 1.11 bits per heavy atom. The first-order valence-electron chi connectivity index (χ1n) is 9.26. The second kappa shape index (κ2) is 10.6. The molecule has 0 saturated carbocycles. The lowest BCUT2D eigenvalue weighted by Crippen LogP contribution is -2.25. The molecule has 1 heterocycles. The molecule has 0 saturated heterocycles. The van der Waals surface area contributed by atoms with Crippen LogP contribution in [-0.2, 0) is 4.79 Å². The van der Waals surface area contributed by atoms with Gasteiger partial charge >= 0.3 is 0 Å². The number of hydrogen-bond donors (Lipinski definition) is 1. The van der Waals surface area contributed by atoms with Crippen LogP contribution in [0, 0.1) is 0 Å². The molecule has 0 aliphatic rings. The van der Waals surface area contributed by atoms with Gasteiger partial charge in [-0.2, -0.15) is 0 Å². The topological polar surface area (TPSA) is 60.5 Å². The Morgan fingerprint density at radius 3 is 2.75 bits per heavy atom. The van der Waals surface area contributed by atoms with Crippen molar-refractivity contribution in [2.45, 2.75) is 17.7 Å². The zero-order valence-electron chi connectivity index (χ0n) is 15.9. The van der Waals surface area contributed by atoms with Crippen LogP contribution in [0.2, 0.25) is 0 Å². The van der Waals surface area contributed by atoms with Crippen molar-refractivity contribution in [3.63, 3.8) is 0 Å². The lowest BCUT2D eigenvalue weighted by molar-refractivity contribution is -0.120. The van der Waals surface area contributed by atoms with Crippen molar-refractivity contribution >= 4 is 28.6 Å². The number of hydrogen-bond acceptors (Lipinski definition) is 5. The van der Waals surface area contributed by atoms with Crippen molar-refractivity contribution in [3.05, 3.63) is 60.8 Å². The highest BCUT2D eigenvalue weighted by Crippen LogP contribution is 2.23. The van der Waals surface area contributed by atoms with E-state index in [9.17, 15) is 4.79 Å². The normalized spacial score (nSPS) is 10.6. The quantitative estimate of drug-likeness (QED) is 0.409. The minimum atomic E-state index is 0.0628. The monoisotopic (exact) mass is 396 g/mol. The molecule has 0 fully saturated rings. The summed E-state index contributed by atoms with van der Waals surface area (Å²) in [6.07, 6.45) is 3.00. The van der Waals surface area contributed by atoms with Crippen LogP contribution in [-0.4, -0.2) is 36.9 Å². The van der Waals surface area contributed by atoms with Crippen molar-refractivity contribution in [3.8, 4) is 11.5 Å². The van der Waals surface area contributed by atoms with Crippen LogP contribution in [0.1, 0.15) is 12.8 Å². The molecule has 5 nitrogen and oxygen atoms in total. The van der Waals surface area contributed by atoms with Gasteiger partial charge in [0.2, 0.25) is 5.91 Å². The molecule has 1 amide bonds. The third-order valence-electron chi connectivity index (χ3n) is 4.15. The van der Waals surface area contributed by atoms with Crippen LogP contribution < -0.4 is 14.8 Å². The van der Waals surface area contributed by atoms with E-state index < -0.39 is 0 Å². The second-order valence-electron chi connectivity index (χ2n) is 6.16. The molecule has 1 N–H and O–H groups in total. The molecular formula is C22H24N2O3S. The van der Waals surface area contributed by atoms with Gasteiger partial charge in [0.25, 0.3) is 0 Å². The second-order valence-corrected chi connectivity index (χ2v) is 7.33. The zero-order chi connectivity index (χ0) is 19.6. The summed E-state index contributed by atoms with van der Waals surface area (Å²) in [5, 5.41) is 4.00. The van der Waals surface area contributed by atoms with Crippen molar-refractivity contribution in [1.82, 2.24) is 10.3 Å². The third-order valence-corrected chi connectivity index (χ3v) is 5.17. The minimum Gasteiger partial charge on any atom is -0.497 e. The molecule has 3 aromatic rings. The van der Waals surface area contributed by atoms with Crippen LogP contribution >= 0.6 is 11.8 Å². The summed E-state index contributed by atoms with van der Waals surface area (Å²) < 4.78 is 11.0. The van der Waals surface area contributed by atoms with E-state index in [1.165, 1.54) is 0 Å². The average molecular weight is 397 g/mol. The van der Waals surface area contributed by atoms with E-state index in [0.29, 0.717) is 19.6 Å². The maximum absolute atomic E-state index is 11.9.